The zero-order chi connectivity index (χ0) is 28.2. The Morgan fingerprint density at radius 3 is 2.41 bits per heavy atom. The van der Waals surface area contributed by atoms with Crippen molar-refractivity contribution in [1.82, 2.24) is 9.80 Å². The first-order valence-corrected chi connectivity index (χ1v) is 13.1. The molecule has 0 aliphatic carbocycles. The number of hydrogen-bond donors (Lipinski definition) is 0. The number of rotatable bonds is 9. The van der Waals surface area contributed by atoms with E-state index in [1.165, 1.54) is 36.4 Å². The van der Waals surface area contributed by atoms with Crippen LogP contribution in [0.4, 0.5) is 17.6 Å². The SMILES string of the molecule is COc1cccc([C@H]2CN(Cc3ccccc3C(F)(F)F)C[C@H]2CN(CC(C)C)C(=O)c2ccc(F)cc2)c1. The van der Waals surface area contributed by atoms with Gasteiger partial charge in [0.2, 0.25) is 0 Å². The molecule has 4 nitrogen and oxygen atoms in total. The van der Waals surface area contributed by atoms with Gasteiger partial charge in [0.05, 0.1) is 12.7 Å². The minimum atomic E-state index is -4.43. The molecular weight excluding hydrogens is 508 g/mol. The predicted molar refractivity (Wildman–Crippen MR) is 143 cm³/mol. The first kappa shape index (κ1) is 28.6. The molecular formula is C31H34F4N2O2. The number of amides is 1. The van der Waals surface area contributed by atoms with Crippen LogP contribution in [0.1, 0.15) is 46.8 Å². The number of methoxy groups -OCH3 is 1. The van der Waals surface area contributed by atoms with E-state index in [1.807, 2.05) is 43.0 Å². The fraction of sp³-hybridized carbons (Fsp3) is 0.387. The van der Waals surface area contributed by atoms with Crippen LogP contribution in [0.2, 0.25) is 0 Å². The van der Waals surface area contributed by atoms with Crippen molar-refractivity contribution in [1.29, 1.82) is 0 Å². The Balaban J connectivity index is 1.63. The third-order valence-electron chi connectivity index (χ3n) is 7.17. The molecule has 1 saturated heterocycles. The molecule has 0 spiro atoms. The number of nitrogens with zero attached hydrogens (tertiary/aromatic N) is 2. The molecule has 0 bridgehead atoms. The van der Waals surface area contributed by atoms with Crippen LogP contribution in [0.15, 0.2) is 72.8 Å². The fourth-order valence-electron chi connectivity index (χ4n) is 5.44. The summed E-state index contributed by atoms with van der Waals surface area (Å²) in [6, 6.07) is 18.9. The lowest BCUT2D eigenvalue weighted by Gasteiger charge is -2.30. The van der Waals surface area contributed by atoms with Gasteiger partial charge in [-0.15, -0.1) is 0 Å². The van der Waals surface area contributed by atoms with E-state index in [-0.39, 0.29) is 35.8 Å². The average molecular weight is 543 g/mol. The molecule has 1 aliphatic rings. The maximum Gasteiger partial charge on any atom is 0.416 e. The van der Waals surface area contributed by atoms with Crippen molar-refractivity contribution in [2.45, 2.75) is 32.5 Å². The summed E-state index contributed by atoms with van der Waals surface area (Å²) in [5.74, 6) is 0.251. The number of ether oxygens (including phenoxy) is 1. The van der Waals surface area contributed by atoms with E-state index < -0.39 is 17.6 Å². The highest BCUT2D eigenvalue weighted by atomic mass is 19.4. The maximum atomic E-state index is 13.7. The van der Waals surface area contributed by atoms with Crippen molar-refractivity contribution in [3.05, 3.63) is 101 Å². The van der Waals surface area contributed by atoms with Gasteiger partial charge in [0.25, 0.3) is 5.91 Å². The molecule has 1 heterocycles. The van der Waals surface area contributed by atoms with Crippen LogP contribution in [-0.4, -0.2) is 49.0 Å². The van der Waals surface area contributed by atoms with Gasteiger partial charge < -0.3 is 9.64 Å². The quantitative estimate of drug-likeness (QED) is 0.277. The minimum absolute atomic E-state index is 0.0196. The number of likely N-dealkylation sites (tertiary alicyclic amines) is 1. The zero-order valence-electron chi connectivity index (χ0n) is 22.4. The van der Waals surface area contributed by atoms with Crippen LogP contribution < -0.4 is 4.74 Å². The molecule has 1 aliphatic heterocycles. The maximum absolute atomic E-state index is 13.7. The monoisotopic (exact) mass is 542 g/mol. The molecule has 0 aromatic heterocycles. The van der Waals surface area contributed by atoms with E-state index in [9.17, 15) is 22.4 Å². The normalized spacial score (nSPS) is 17.9. The van der Waals surface area contributed by atoms with Crippen LogP contribution in [-0.2, 0) is 12.7 Å². The first-order chi connectivity index (χ1) is 18.5. The van der Waals surface area contributed by atoms with Crippen LogP contribution in [0, 0.1) is 17.7 Å². The van der Waals surface area contributed by atoms with Crippen LogP contribution >= 0.6 is 0 Å². The summed E-state index contributed by atoms with van der Waals surface area (Å²) in [7, 11) is 1.59. The second kappa shape index (κ2) is 12.2. The van der Waals surface area contributed by atoms with Gasteiger partial charge in [0.15, 0.2) is 0 Å². The van der Waals surface area contributed by atoms with Gasteiger partial charge in [0.1, 0.15) is 11.6 Å². The van der Waals surface area contributed by atoms with Crippen molar-refractivity contribution in [3.63, 3.8) is 0 Å². The second-order valence-electron chi connectivity index (χ2n) is 10.6. The van der Waals surface area contributed by atoms with Gasteiger partial charge in [-0.2, -0.15) is 13.2 Å². The van der Waals surface area contributed by atoms with Crippen molar-refractivity contribution in [2.24, 2.45) is 11.8 Å². The molecule has 4 rings (SSSR count). The molecule has 3 aromatic rings. The number of carbonyl (C=O) groups excluding carboxylic acids is 1. The Morgan fingerprint density at radius 2 is 1.74 bits per heavy atom. The number of carbonyl (C=O) groups is 1. The zero-order valence-corrected chi connectivity index (χ0v) is 22.4. The van der Waals surface area contributed by atoms with E-state index in [0.717, 1.165) is 11.6 Å². The summed E-state index contributed by atoms with van der Waals surface area (Å²) in [6.07, 6.45) is -4.43. The lowest BCUT2D eigenvalue weighted by molar-refractivity contribution is -0.138. The van der Waals surface area contributed by atoms with Crippen LogP contribution in [0.25, 0.3) is 0 Å². The fourth-order valence-corrected chi connectivity index (χ4v) is 5.44. The number of benzene rings is 3. The summed E-state index contributed by atoms with van der Waals surface area (Å²) in [4.78, 5) is 17.3. The molecule has 1 amide bonds. The lowest BCUT2D eigenvalue weighted by Crippen LogP contribution is -2.39. The molecule has 3 aromatic carbocycles. The van der Waals surface area contributed by atoms with Crippen molar-refractivity contribution >= 4 is 5.91 Å². The summed E-state index contributed by atoms with van der Waals surface area (Å²) < 4.78 is 60.0. The Kier molecular flexibility index (Phi) is 8.95. The Bertz CT molecular complexity index is 1260. The molecule has 0 N–H and O–H groups in total. The smallest absolute Gasteiger partial charge is 0.416 e. The van der Waals surface area contributed by atoms with E-state index in [4.69, 9.17) is 4.74 Å². The molecule has 1 fully saturated rings. The van der Waals surface area contributed by atoms with E-state index in [2.05, 4.69) is 0 Å². The van der Waals surface area contributed by atoms with E-state index >= 15 is 0 Å². The Labute approximate surface area is 227 Å². The highest BCUT2D eigenvalue weighted by molar-refractivity contribution is 5.94. The highest BCUT2D eigenvalue weighted by Gasteiger charge is 2.38. The van der Waals surface area contributed by atoms with Gasteiger partial charge in [0, 0.05) is 44.2 Å². The third-order valence-corrected chi connectivity index (χ3v) is 7.17. The van der Waals surface area contributed by atoms with E-state index in [1.54, 1.807) is 18.1 Å². The van der Waals surface area contributed by atoms with Gasteiger partial charge in [-0.3, -0.25) is 9.69 Å². The summed E-state index contributed by atoms with van der Waals surface area (Å²) in [5.41, 5.74) is 1.03. The topological polar surface area (TPSA) is 32.8 Å². The molecule has 0 saturated carbocycles. The number of halogens is 4. The Morgan fingerprint density at radius 1 is 1.03 bits per heavy atom. The molecule has 8 heteroatoms. The number of alkyl halides is 3. The summed E-state index contributed by atoms with van der Waals surface area (Å²) in [5, 5.41) is 0. The van der Waals surface area contributed by atoms with Gasteiger partial charge in [-0.25, -0.2) is 4.39 Å². The summed E-state index contributed by atoms with van der Waals surface area (Å²) >= 11 is 0. The van der Waals surface area contributed by atoms with E-state index in [0.29, 0.717) is 37.5 Å². The first-order valence-electron chi connectivity index (χ1n) is 13.1. The lowest BCUT2D eigenvalue weighted by atomic mass is 9.88. The van der Waals surface area contributed by atoms with Crippen LogP contribution in [0.5, 0.6) is 5.75 Å². The molecule has 208 valence electrons. The van der Waals surface area contributed by atoms with Crippen molar-refractivity contribution < 1.29 is 27.1 Å². The van der Waals surface area contributed by atoms with Gasteiger partial charge >= 0.3 is 6.18 Å². The highest BCUT2D eigenvalue weighted by Crippen LogP contribution is 2.38. The average Bonchev–Trinajstić information content (AvgIpc) is 3.29. The van der Waals surface area contributed by atoms with Crippen LogP contribution in [0.3, 0.4) is 0 Å². The molecule has 0 unspecified atom stereocenters. The van der Waals surface area contributed by atoms with Gasteiger partial charge in [-0.05, 0) is 65.4 Å². The second-order valence-corrected chi connectivity index (χ2v) is 10.6. The predicted octanol–water partition coefficient (Wildman–Crippen LogP) is 6.87. The third kappa shape index (κ3) is 7.18. The molecule has 39 heavy (non-hydrogen) atoms. The van der Waals surface area contributed by atoms with Gasteiger partial charge in [-0.1, -0.05) is 44.2 Å². The number of hydrogen-bond acceptors (Lipinski definition) is 3. The largest absolute Gasteiger partial charge is 0.497 e. The van der Waals surface area contributed by atoms with Crippen molar-refractivity contribution in [2.75, 3.05) is 33.3 Å². The standard InChI is InChI=1S/C31H34F4N2O2/c1-21(2)16-37(30(38)22-11-13-26(32)14-12-22)19-25-18-36(17-24-7-4-5-10-29(24)31(33,34)35)20-28(25)23-8-6-9-27(15-23)39-3/h4-15,21,25,28H,16-20H2,1-3H3/t25-,28+/m0/s1. The minimum Gasteiger partial charge on any atom is -0.497 e. The molecule has 2 atom stereocenters. The molecule has 0 radical (unpaired) electrons. The Hall–Kier alpha value is -3.39. The van der Waals surface area contributed by atoms with Crippen molar-refractivity contribution in [3.8, 4) is 5.75 Å². The summed E-state index contributed by atoms with van der Waals surface area (Å²) in [6.45, 7) is 6.22.